The molecule has 0 aliphatic carbocycles. The maximum Gasteiger partial charge on any atom is 0.476 e. The van der Waals surface area contributed by atoms with E-state index in [-0.39, 0.29) is 0 Å². The zero-order valence-corrected chi connectivity index (χ0v) is 21.5. The van der Waals surface area contributed by atoms with Gasteiger partial charge in [0, 0.05) is 0 Å². The molecule has 0 bridgehead atoms. The number of hydrogen-bond acceptors (Lipinski definition) is 4. The van der Waals surface area contributed by atoms with Crippen LogP contribution in [0.3, 0.4) is 0 Å². The van der Waals surface area contributed by atoms with E-state index >= 15 is 0 Å². The van der Waals surface area contributed by atoms with Gasteiger partial charge in [-0.1, -0.05) is 57.2 Å². The summed E-state index contributed by atoms with van der Waals surface area (Å²) >= 11 is 0. The topological polar surface area (TPSA) is 44.8 Å². The Morgan fingerprint density at radius 2 is 0.719 bits per heavy atom. The summed E-state index contributed by atoms with van der Waals surface area (Å²) in [5, 5.41) is 0. The van der Waals surface area contributed by atoms with E-state index in [1.165, 1.54) is 0 Å². The molecule has 0 saturated carbocycles. The van der Waals surface area contributed by atoms with Crippen molar-refractivity contribution in [2.24, 2.45) is 0 Å². The fraction of sp³-hybridized carbons (Fsp3) is 0.556. The highest BCUT2D eigenvalue weighted by Gasteiger charge is 2.48. The number of rotatable bonds is 21. The van der Waals surface area contributed by atoms with Crippen molar-refractivity contribution in [1.29, 1.82) is 0 Å². The minimum Gasteiger partial charge on any atom is -0.280 e. The zero-order chi connectivity index (χ0) is 24.7. The summed E-state index contributed by atoms with van der Waals surface area (Å²) < 4.78 is 33.7. The lowest BCUT2D eigenvalue weighted by atomic mass is 9.93. The minimum atomic E-state index is -4.10. The first-order valence-electron chi connectivity index (χ1n) is 11.5. The Bertz CT molecular complexity index is 559. The molecule has 0 N–H and O–H groups in total. The van der Waals surface area contributed by atoms with Crippen molar-refractivity contribution < 1.29 is 18.1 Å². The van der Waals surface area contributed by atoms with Crippen molar-refractivity contribution in [1.82, 2.24) is 0 Å². The lowest BCUT2D eigenvalue weighted by Gasteiger charge is -2.42. The lowest BCUT2D eigenvalue weighted by Crippen LogP contribution is -2.38. The van der Waals surface area contributed by atoms with Crippen LogP contribution in [0.25, 0.3) is 0 Å². The lowest BCUT2D eigenvalue weighted by molar-refractivity contribution is -0.0679. The van der Waals surface area contributed by atoms with E-state index in [1.807, 2.05) is 20.8 Å². The Labute approximate surface area is 197 Å². The third-order valence-corrected chi connectivity index (χ3v) is 7.78. The van der Waals surface area contributed by atoms with Crippen LogP contribution < -0.4 is 0 Å². The van der Waals surface area contributed by atoms with E-state index in [0.29, 0.717) is 57.8 Å². The van der Waals surface area contributed by atoms with E-state index in [2.05, 4.69) is 39.5 Å². The van der Waals surface area contributed by atoms with Crippen molar-refractivity contribution in [2.75, 3.05) is 0 Å². The predicted octanol–water partition coefficient (Wildman–Crippen LogP) is 9.05. The van der Waals surface area contributed by atoms with Gasteiger partial charge in [0.15, 0.2) is 0 Å². The second-order valence-corrected chi connectivity index (χ2v) is 9.73. The second kappa shape index (κ2) is 14.6. The van der Waals surface area contributed by atoms with Gasteiger partial charge in [0.2, 0.25) is 0 Å². The van der Waals surface area contributed by atoms with Gasteiger partial charge in [-0.25, -0.2) is 4.57 Å². The monoisotopic (exact) mass is 464 g/mol. The maximum atomic E-state index is 14.5. The quantitative estimate of drug-likeness (QED) is 0.125. The van der Waals surface area contributed by atoms with Crippen LogP contribution in [-0.4, -0.2) is 16.8 Å². The normalized spacial score (nSPS) is 12.7. The van der Waals surface area contributed by atoms with Gasteiger partial charge >= 0.3 is 7.82 Å². The Morgan fingerprint density at radius 1 is 0.531 bits per heavy atom. The molecule has 0 amide bonds. The molecular weight excluding hydrogens is 419 g/mol. The highest BCUT2D eigenvalue weighted by molar-refractivity contribution is 7.48. The molecule has 182 valence electrons. The van der Waals surface area contributed by atoms with Gasteiger partial charge < -0.3 is 0 Å². The summed E-state index contributed by atoms with van der Waals surface area (Å²) in [6.07, 6.45) is 15.2. The molecule has 0 aromatic rings. The molecule has 0 aliphatic rings. The largest absolute Gasteiger partial charge is 0.476 e. The molecule has 4 nitrogen and oxygen atoms in total. The molecule has 0 saturated heterocycles. The van der Waals surface area contributed by atoms with Gasteiger partial charge in [0.05, 0.1) is 16.8 Å². The van der Waals surface area contributed by atoms with E-state index in [0.717, 1.165) is 0 Å². The Kier molecular flexibility index (Phi) is 14.0. The summed E-state index contributed by atoms with van der Waals surface area (Å²) in [7, 11) is -4.10. The highest BCUT2D eigenvalue weighted by Crippen LogP contribution is 2.62. The average molecular weight is 465 g/mol. The molecule has 32 heavy (non-hydrogen) atoms. The Balaban J connectivity index is 6.66. The van der Waals surface area contributed by atoms with Crippen molar-refractivity contribution >= 4 is 7.82 Å². The van der Waals surface area contributed by atoms with E-state index in [9.17, 15) is 4.57 Å². The van der Waals surface area contributed by atoms with Crippen LogP contribution in [0.1, 0.15) is 78.6 Å². The average Bonchev–Trinajstić information content (AvgIpc) is 2.74. The fourth-order valence-corrected chi connectivity index (χ4v) is 6.25. The summed E-state index contributed by atoms with van der Waals surface area (Å²) in [5.41, 5.74) is -2.41. The molecule has 0 aromatic carbocycles. The summed E-state index contributed by atoms with van der Waals surface area (Å²) in [5.74, 6) is 0. The summed E-state index contributed by atoms with van der Waals surface area (Å²) in [6, 6.07) is 0. The van der Waals surface area contributed by atoms with Crippen LogP contribution in [0.4, 0.5) is 0 Å². The van der Waals surface area contributed by atoms with Gasteiger partial charge in [0.1, 0.15) is 0 Å². The first-order valence-corrected chi connectivity index (χ1v) is 13.0. The van der Waals surface area contributed by atoms with Crippen molar-refractivity contribution in [3.05, 3.63) is 75.9 Å². The molecule has 0 atom stereocenters. The van der Waals surface area contributed by atoms with Crippen molar-refractivity contribution in [2.45, 2.75) is 95.4 Å². The van der Waals surface area contributed by atoms with Gasteiger partial charge in [-0.3, -0.25) is 13.6 Å². The van der Waals surface area contributed by atoms with Crippen LogP contribution >= 0.6 is 7.82 Å². The predicted molar refractivity (Wildman–Crippen MR) is 139 cm³/mol. The molecular formula is C27H45O4P. The van der Waals surface area contributed by atoms with Crippen molar-refractivity contribution in [3.63, 3.8) is 0 Å². The van der Waals surface area contributed by atoms with Gasteiger partial charge in [0.25, 0.3) is 0 Å². The van der Waals surface area contributed by atoms with Gasteiger partial charge in [-0.2, -0.15) is 0 Å². The molecule has 0 spiro atoms. The first kappa shape index (κ1) is 30.6. The maximum absolute atomic E-state index is 14.5. The van der Waals surface area contributed by atoms with Crippen LogP contribution in [0.2, 0.25) is 0 Å². The van der Waals surface area contributed by atoms with Crippen molar-refractivity contribution in [3.8, 4) is 0 Å². The molecule has 0 radical (unpaired) electrons. The fourth-order valence-electron chi connectivity index (χ4n) is 3.88. The zero-order valence-electron chi connectivity index (χ0n) is 20.7. The standard InChI is InChI=1S/C27H45O4P/c1-10-19-25(16-7,20-11-2)29-32(28,30-26(17-8,21-12-3)22-13-4)31-27(18-9,23-14-5)24-15-6/h10-15H,1-6,16-24H2,7-9H3. The van der Waals surface area contributed by atoms with Crippen LogP contribution in [0.15, 0.2) is 75.9 Å². The minimum absolute atomic E-state index is 0.482. The third-order valence-electron chi connectivity index (χ3n) is 5.95. The molecule has 0 aromatic heterocycles. The van der Waals surface area contributed by atoms with Gasteiger partial charge in [-0.15, -0.1) is 39.5 Å². The van der Waals surface area contributed by atoms with E-state index in [4.69, 9.17) is 13.6 Å². The molecule has 0 unspecified atom stereocenters. The number of hydrogen-bond donors (Lipinski definition) is 0. The molecule has 0 heterocycles. The Morgan fingerprint density at radius 3 is 0.844 bits per heavy atom. The van der Waals surface area contributed by atoms with Crippen LogP contribution in [0, 0.1) is 0 Å². The number of phosphoric ester groups is 1. The molecule has 5 heteroatoms. The highest BCUT2D eigenvalue weighted by atomic mass is 31.2. The summed E-state index contributed by atoms with van der Waals surface area (Å²) in [4.78, 5) is 0. The molecule has 0 fully saturated rings. The SMILES string of the molecule is C=CCC(CC)(CC=C)OP(=O)(OC(CC)(CC=C)CC=C)OC(CC)(CC=C)CC=C. The first-order chi connectivity index (χ1) is 15.2. The smallest absolute Gasteiger partial charge is 0.280 e. The molecule has 0 aliphatic heterocycles. The van der Waals surface area contributed by atoms with Crippen LogP contribution in [-0.2, 0) is 18.1 Å². The summed E-state index contributed by atoms with van der Waals surface area (Å²) in [6.45, 7) is 29.2. The van der Waals surface area contributed by atoms with Crippen LogP contribution in [0.5, 0.6) is 0 Å². The van der Waals surface area contributed by atoms with E-state index in [1.54, 1.807) is 36.5 Å². The second-order valence-electron chi connectivity index (χ2n) is 8.29. The molecule has 0 rings (SSSR count). The third kappa shape index (κ3) is 8.83. The van der Waals surface area contributed by atoms with E-state index < -0.39 is 24.6 Å². The number of phosphoric acid groups is 1. The Hall–Kier alpha value is -1.45. The van der Waals surface area contributed by atoms with Gasteiger partial charge in [-0.05, 0) is 57.8 Å².